The van der Waals surface area contributed by atoms with Gasteiger partial charge in [0.2, 0.25) is 0 Å². The van der Waals surface area contributed by atoms with Crippen molar-refractivity contribution in [2.45, 2.75) is 38.1 Å². The van der Waals surface area contributed by atoms with E-state index in [-0.39, 0.29) is 5.54 Å². The van der Waals surface area contributed by atoms with Crippen LogP contribution < -0.4 is 10.5 Å². The van der Waals surface area contributed by atoms with Crippen molar-refractivity contribution in [2.75, 3.05) is 6.61 Å². The molecule has 0 aliphatic heterocycles. The van der Waals surface area contributed by atoms with Crippen LogP contribution >= 0.6 is 15.9 Å². The lowest BCUT2D eigenvalue weighted by Gasteiger charge is -2.23. The Morgan fingerprint density at radius 3 is 3.00 bits per heavy atom. The molecule has 94 valence electrons. The normalized spacial score (nSPS) is 28.3. The van der Waals surface area contributed by atoms with E-state index in [1.807, 2.05) is 24.3 Å². The number of hydrogen-bond donors (Lipinski definition) is 1. The predicted molar refractivity (Wildman–Crippen MR) is 74.2 cm³/mol. The SMILES string of the molecule is CC1CCC(N)(CCOc2cccc(Br)c2)C1. The number of ether oxygens (including phenoxy) is 1. The summed E-state index contributed by atoms with van der Waals surface area (Å²) in [7, 11) is 0. The molecule has 0 aromatic heterocycles. The fourth-order valence-electron chi connectivity index (χ4n) is 2.59. The van der Waals surface area contributed by atoms with Crippen molar-refractivity contribution in [3.05, 3.63) is 28.7 Å². The molecule has 0 spiro atoms. The Kier molecular flexibility index (Phi) is 4.10. The molecular formula is C14H20BrNO. The second-order valence-electron chi connectivity index (χ2n) is 5.27. The molecule has 3 heteroatoms. The minimum Gasteiger partial charge on any atom is -0.493 e. The molecule has 2 N–H and O–H groups in total. The molecule has 1 aromatic rings. The molecule has 17 heavy (non-hydrogen) atoms. The van der Waals surface area contributed by atoms with Crippen molar-refractivity contribution >= 4 is 15.9 Å². The van der Waals surface area contributed by atoms with Crippen LogP contribution in [0.1, 0.15) is 32.6 Å². The first-order chi connectivity index (χ1) is 8.07. The summed E-state index contributed by atoms with van der Waals surface area (Å²) in [6, 6.07) is 7.94. The molecule has 0 radical (unpaired) electrons. The quantitative estimate of drug-likeness (QED) is 0.919. The lowest BCUT2D eigenvalue weighted by molar-refractivity contribution is 0.255. The zero-order valence-corrected chi connectivity index (χ0v) is 11.9. The number of hydrogen-bond acceptors (Lipinski definition) is 2. The molecule has 1 aliphatic rings. The molecule has 1 aliphatic carbocycles. The second kappa shape index (κ2) is 5.40. The van der Waals surface area contributed by atoms with Crippen LogP contribution in [0.4, 0.5) is 0 Å². The van der Waals surface area contributed by atoms with Crippen LogP contribution in [0, 0.1) is 5.92 Å². The molecule has 1 aromatic carbocycles. The summed E-state index contributed by atoms with van der Waals surface area (Å²) < 4.78 is 6.79. The summed E-state index contributed by atoms with van der Waals surface area (Å²) >= 11 is 3.43. The third-order valence-corrected chi connectivity index (χ3v) is 4.05. The molecule has 0 heterocycles. The van der Waals surface area contributed by atoms with Crippen LogP contribution in [-0.4, -0.2) is 12.1 Å². The molecule has 2 rings (SSSR count). The van der Waals surface area contributed by atoms with Crippen molar-refractivity contribution in [1.29, 1.82) is 0 Å². The van der Waals surface area contributed by atoms with Crippen molar-refractivity contribution in [3.63, 3.8) is 0 Å². The van der Waals surface area contributed by atoms with E-state index in [4.69, 9.17) is 10.5 Å². The summed E-state index contributed by atoms with van der Waals surface area (Å²) in [5, 5.41) is 0. The smallest absolute Gasteiger partial charge is 0.120 e. The van der Waals surface area contributed by atoms with Gasteiger partial charge < -0.3 is 10.5 Å². The highest BCUT2D eigenvalue weighted by molar-refractivity contribution is 9.10. The van der Waals surface area contributed by atoms with Gasteiger partial charge in [-0.1, -0.05) is 28.9 Å². The van der Waals surface area contributed by atoms with Gasteiger partial charge in [0.05, 0.1) is 6.61 Å². The molecule has 2 unspecified atom stereocenters. The van der Waals surface area contributed by atoms with Gasteiger partial charge in [-0.25, -0.2) is 0 Å². The van der Waals surface area contributed by atoms with Crippen molar-refractivity contribution in [2.24, 2.45) is 11.7 Å². The van der Waals surface area contributed by atoms with E-state index < -0.39 is 0 Å². The molecule has 0 amide bonds. The maximum absolute atomic E-state index is 6.35. The highest BCUT2D eigenvalue weighted by Crippen LogP contribution is 2.34. The van der Waals surface area contributed by atoms with Crippen LogP contribution in [0.3, 0.4) is 0 Å². The summed E-state index contributed by atoms with van der Waals surface area (Å²) in [6.07, 6.45) is 4.47. The summed E-state index contributed by atoms with van der Waals surface area (Å²) in [5.41, 5.74) is 6.36. The average molecular weight is 298 g/mol. The topological polar surface area (TPSA) is 35.2 Å². The number of halogens is 1. The van der Waals surface area contributed by atoms with Gasteiger partial charge in [0.1, 0.15) is 5.75 Å². The maximum atomic E-state index is 6.35. The number of benzene rings is 1. The Morgan fingerprint density at radius 2 is 2.35 bits per heavy atom. The molecule has 1 fully saturated rings. The fraction of sp³-hybridized carbons (Fsp3) is 0.571. The van der Waals surface area contributed by atoms with Crippen LogP contribution in [0.2, 0.25) is 0 Å². The van der Waals surface area contributed by atoms with E-state index in [1.54, 1.807) is 0 Å². The Hall–Kier alpha value is -0.540. The van der Waals surface area contributed by atoms with Crippen LogP contribution in [-0.2, 0) is 0 Å². The Bertz CT molecular complexity index is 382. The van der Waals surface area contributed by atoms with Crippen LogP contribution in [0.25, 0.3) is 0 Å². The van der Waals surface area contributed by atoms with E-state index in [2.05, 4.69) is 22.9 Å². The van der Waals surface area contributed by atoms with Crippen molar-refractivity contribution < 1.29 is 4.74 Å². The van der Waals surface area contributed by atoms with E-state index >= 15 is 0 Å². The Balaban J connectivity index is 1.80. The van der Waals surface area contributed by atoms with Gasteiger partial charge in [0.15, 0.2) is 0 Å². The van der Waals surface area contributed by atoms with Crippen molar-refractivity contribution in [3.8, 4) is 5.75 Å². The van der Waals surface area contributed by atoms with Gasteiger partial charge in [-0.05, 0) is 49.8 Å². The highest BCUT2D eigenvalue weighted by atomic mass is 79.9. The van der Waals surface area contributed by atoms with E-state index in [0.717, 1.165) is 35.4 Å². The van der Waals surface area contributed by atoms with Gasteiger partial charge in [-0.2, -0.15) is 0 Å². The van der Waals surface area contributed by atoms with Crippen LogP contribution in [0.15, 0.2) is 28.7 Å². The molecule has 0 saturated heterocycles. The zero-order chi connectivity index (χ0) is 12.3. The molecule has 2 atom stereocenters. The fourth-order valence-corrected chi connectivity index (χ4v) is 2.97. The zero-order valence-electron chi connectivity index (χ0n) is 10.3. The van der Waals surface area contributed by atoms with Gasteiger partial charge in [-0.15, -0.1) is 0 Å². The van der Waals surface area contributed by atoms with Gasteiger partial charge in [0.25, 0.3) is 0 Å². The molecule has 0 bridgehead atoms. The largest absolute Gasteiger partial charge is 0.493 e. The van der Waals surface area contributed by atoms with Gasteiger partial charge in [0, 0.05) is 10.0 Å². The van der Waals surface area contributed by atoms with Gasteiger partial charge in [-0.3, -0.25) is 0 Å². The standard InChI is InChI=1S/C14H20BrNO/c1-11-5-6-14(16,10-11)7-8-17-13-4-2-3-12(15)9-13/h2-4,9,11H,5-8,10,16H2,1H3. The highest BCUT2D eigenvalue weighted by Gasteiger charge is 2.33. The van der Waals surface area contributed by atoms with E-state index in [0.29, 0.717) is 6.61 Å². The Morgan fingerprint density at radius 1 is 1.53 bits per heavy atom. The summed E-state index contributed by atoms with van der Waals surface area (Å²) in [5.74, 6) is 1.68. The second-order valence-corrected chi connectivity index (χ2v) is 6.18. The minimum atomic E-state index is 0.00539. The first-order valence-electron chi connectivity index (χ1n) is 6.25. The van der Waals surface area contributed by atoms with Gasteiger partial charge >= 0.3 is 0 Å². The first kappa shape index (κ1) is 12.9. The maximum Gasteiger partial charge on any atom is 0.120 e. The summed E-state index contributed by atoms with van der Waals surface area (Å²) in [6.45, 7) is 2.99. The van der Waals surface area contributed by atoms with Crippen molar-refractivity contribution in [1.82, 2.24) is 0 Å². The predicted octanol–water partition coefficient (Wildman–Crippen LogP) is 3.74. The third kappa shape index (κ3) is 3.71. The first-order valence-corrected chi connectivity index (χ1v) is 7.04. The van der Waals surface area contributed by atoms with E-state index in [1.165, 1.54) is 6.42 Å². The lowest BCUT2D eigenvalue weighted by atomic mass is 9.94. The molecule has 2 nitrogen and oxygen atoms in total. The number of rotatable bonds is 4. The molecule has 1 saturated carbocycles. The molecular weight excluding hydrogens is 278 g/mol. The average Bonchev–Trinajstić information content (AvgIpc) is 2.59. The Labute approximate surface area is 112 Å². The minimum absolute atomic E-state index is 0.00539. The van der Waals surface area contributed by atoms with E-state index in [9.17, 15) is 0 Å². The lowest BCUT2D eigenvalue weighted by Crippen LogP contribution is -2.38. The van der Waals surface area contributed by atoms with Crippen LogP contribution in [0.5, 0.6) is 5.75 Å². The third-order valence-electron chi connectivity index (χ3n) is 3.55. The number of nitrogens with two attached hydrogens (primary N) is 1. The summed E-state index contributed by atoms with van der Waals surface area (Å²) in [4.78, 5) is 0. The monoisotopic (exact) mass is 297 g/mol.